The molecule has 2 heterocycles. The molecule has 1 aromatic heterocycles. The smallest absolute Gasteiger partial charge is 0.268 e. The molecule has 0 radical (unpaired) electrons. The molecule has 0 fully saturated rings. The number of alkyl halides is 3. The molecule has 32 heavy (non-hydrogen) atoms. The van der Waals surface area contributed by atoms with Crippen LogP contribution < -0.4 is 4.90 Å². The maximum atomic E-state index is 13.4. The predicted octanol–water partition coefficient (Wildman–Crippen LogP) is 4.01. The summed E-state index contributed by atoms with van der Waals surface area (Å²) in [6.07, 6.45) is -3.89. The van der Waals surface area contributed by atoms with Crippen LogP contribution in [0.5, 0.6) is 0 Å². The Bertz CT molecular complexity index is 1410. The van der Waals surface area contributed by atoms with Crippen molar-refractivity contribution in [2.75, 3.05) is 11.2 Å². The van der Waals surface area contributed by atoms with Crippen LogP contribution in [0, 0.1) is 10.5 Å². The Kier molecular flexibility index (Phi) is 5.19. The molecule has 0 aliphatic carbocycles. The Morgan fingerprint density at radius 3 is 2.31 bits per heavy atom. The van der Waals surface area contributed by atoms with Gasteiger partial charge in [0.25, 0.3) is 11.8 Å². The van der Waals surface area contributed by atoms with Gasteiger partial charge in [0.15, 0.2) is 9.84 Å². The first-order valence-electron chi connectivity index (χ1n) is 8.96. The van der Waals surface area contributed by atoms with Crippen molar-refractivity contribution in [3.63, 3.8) is 0 Å². The van der Waals surface area contributed by atoms with Gasteiger partial charge in [-0.05, 0) is 65.9 Å². The number of hydrogen-bond acceptors (Lipinski definition) is 5. The molecule has 4 rings (SSSR count). The largest absolute Gasteiger partial charge is 0.433 e. The number of rotatable bonds is 3. The summed E-state index contributed by atoms with van der Waals surface area (Å²) in [6.45, 7) is 1.37. The molecule has 0 saturated heterocycles. The molecular formula is C20H13F3IN3O4S. The third-order valence-corrected chi connectivity index (χ3v) is 6.84. The summed E-state index contributed by atoms with van der Waals surface area (Å²) in [5.74, 6) is -1.43. The Hall–Kier alpha value is -2.74. The zero-order valence-electron chi connectivity index (χ0n) is 16.4. The second-order valence-electron chi connectivity index (χ2n) is 7.11. The highest BCUT2D eigenvalue weighted by Crippen LogP contribution is 2.37. The summed E-state index contributed by atoms with van der Waals surface area (Å²) in [7, 11) is -4.06. The lowest BCUT2D eigenvalue weighted by Gasteiger charge is -2.19. The van der Waals surface area contributed by atoms with Crippen LogP contribution in [-0.2, 0) is 16.0 Å². The summed E-state index contributed by atoms with van der Waals surface area (Å²) in [5, 5.41) is 3.82. The van der Waals surface area contributed by atoms with Crippen molar-refractivity contribution in [2.24, 2.45) is 0 Å². The van der Waals surface area contributed by atoms with E-state index < -0.39 is 38.4 Å². The van der Waals surface area contributed by atoms with E-state index in [9.17, 15) is 31.2 Å². The van der Waals surface area contributed by atoms with Crippen molar-refractivity contribution >= 4 is 49.9 Å². The number of aryl methyl sites for hydroxylation is 1. The van der Waals surface area contributed by atoms with E-state index in [1.165, 1.54) is 19.1 Å². The number of aromatic nitrogens is 2. The maximum absolute atomic E-state index is 13.4. The Morgan fingerprint density at radius 2 is 1.72 bits per heavy atom. The number of carbonyl (C=O) groups excluding carboxylic acids is 2. The van der Waals surface area contributed by atoms with Gasteiger partial charge in [-0.2, -0.15) is 18.3 Å². The molecule has 0 atom stereocenters. The van der Waals surface area contributed by atoms with Gasteiger partial charge in [0.05, 0.1) is 33.1 Å². The Labute approximate surface area is 193 Å². The standard InChI is InChI=1S/C20H13F3IN3O4S/c1-10-8-16(20(21,22)23)27(25-10)11-6-7-14(15(9-11)32(2,30)31)26-18(28)12-4-3-5-13(24)17(12)19(26)29/h3-9H,1-2H3. The lowest BCUT2D eigenvalue weighted by atomic mass is 10.1. The summed E-state index contributed by atoms with van der Waals surface area (Å²) in [5.41, 5.74) is -1.16. The number of fused-ring (bicyclic) bond motifs is 1. The van der Waals surface area contributed by atoms with Gasteiger partial charge in [-0.3, -0.25) is 9.59 Å². The van der Waals surface area contributed by atoms with Crippen LogP contribution in [-0.4, -0.2) is 36.3 Å². The van der Waals surface area contributed by atoms with Gasteiger partial charge < -0.3 is 0 Å². The molecule has 0 saturated carbocycles. The molecule has 1 aliphatic rings. The Morgan fingerprint density at radius 1 is 1.03 bits per heavy atom. The number of benzene rings is 2. The quantitative estimate of drug-likeness (QED) is 0.348. The first-order chi connectivity index (χ1) is 14.8. The highest BCUT2D eigenvalue weighted by atomic mass is 127. The summed E-state index contributed by atoms with van der Waals surface area (Å²) in [6, 6.07) is 8.80. The fourth-order valence-corrected chi connectivity index (χ4v) is 5.08. The lowest BCUT2D eigenvalue weighted by Crippen LogP contribution is -2.31. The van der Waals surface area contributed by atoms with Crippen molar-refractivity contribution in [1.82, 2.24) is 9.78 Å². The summed E-state index contributed by atoms with van der Waals surface area (Å²) >= 11 is 1.90. The van der Waals surface area contributed by atoms with Crippen LogP contribution in [0.2, 0.25) is 0 Å². The maximum Gasteiger partial charge on any atom is 0.433 e. The summed E-state index contributed by atoms with van der Waals surface area (Å²) in [4.78, 5) is 26.2. The number of amides is 2. The predicted molar refractivity (Wildman–Crippen MR) is 117 cm³/mol. The van der Waals surface area contributed by atoms with E-state index in [1.54, 1.807) is 12.1 Å². The SMILES string of the molecule is Cc1cc(C(F)(F)F)n(-c2ccc(N3C(=O)c4cccc(I)c4C3=O)c(S(C)(=O)=O)c2)n1. The minimum atomic E-state index is -4.73. The third-order valence-electron chi connectivity index (χ3n) is 4.81. The molecule has 166 valence electrons. The molecule has 0 unspecified atom stereocenters. The van der Waals surface area contributed by atoms with Gasteiger partial charge in [-0.25, -0.2) is 18.0 Å². The zero-order chi connectivity index (χ0) is 23.6. The normalized spacial score (nSPS) is 14.2. The van der Waals surface area contributed by atoms with Crippen LogP contribution >= 0.6 is 22.6 Å². The van der Waals surface area contributed by atoms with E-state index in [-0.39, 0.29) is 28.2 Å². The van der Waals surface area contributed by atoms with Crippen LogP contribution in [0.3, 0.4) is 0 Å². The molecule has 2 aromatic carbocycles. The molecule has 7 nitrogen and oxygen atoms in total. The first kappa shape index (κ1) is 22.5. The highest BCUT2D eigenvalue weighted by molar-refractivity contribution is 14.1. The number of anilines is 1. The fraction of sp³-hybridized carbons (Fsp3) is 0.150. The highest BCUT2D eigenvalue weighted by Gasteiger charge is 2.41. The second kappa shape index (κ2) is 7.40. The first-order valence-corrected chi connectivity index (χ1v) is 11.9. The number of sulfone groups is 1. The van der Waals surface area contributed by atoms with E-state index in [1.807, 2.05) is 22.6 Å². The molecule has 12 heteroatoms. The topological polar surface area (TPSA) is 89.3 Å². The molecule has 0 bridgehead atoms. The van der Waals surface area contributed by atoms with Crippen molar-refractivity contribution in [3.8, 4) is 5.69 Å². The minimum Gasteiger partial charge on any atom is -0.268 e. The van der Waals surface area contributed by atoms with E-state index in [0.717, 1.165) is 29.4 Å². The van der Waals surface area contributed by atoms with Crippen molar-refractivity contribution < 1.29 is 31.2 Å². The lowest BCUT2D eigenvalue weighted by molar-refractivity contribution is -0.142. The minimum absolute atomic E-state index is 0.0808. The van der Waals surface area contributed by atoms with E-state index in [4.69, 9.17) is 0 Å². The molecule has 2 amide bonds. The average Bonchev–Trinajstić information content (AvgIpc) is 3.20. The van der Waals surface area contributed by atoms with Gasteiger partial charge in [-0.15, -0.1) is 0 Å². The molecule has 3 aromatic rings. The zero-order valence-corrected chi connectivity index (χ0v) is 19.4. The van der Waals surface area contributed by atoms with E-state index in [0.29, 0.717) is 8.25 Å². The monoisotopic (exact) mass is 575 g/mol. The van der Waals surface area contributed by atoms with E-state index in [2.05, 4.69) is 5.10 Å². The third kappa shape index (κ3) is 3.60. The number of nitrogens with zero attached hydrogens (tertiary/aromatic N) is 3. The van der Waals surface area contributed by atoms with Crippen LogP contribution in [0.25, 0.3) is 5.69 Å². The number of halogens is 4. The van der Waals surface area contributed by atoms with Gasteiger partial charge in [0, 0.05) is 9.83 Å². The average molecular weight is 575 g/mol. The molecule has 1 aliphatic heterocycles. The van der Waals surface area contributed by atoms with E-state index >= 15 is 0 Å². The van der Waals surface area contributed by atoms with Crippen LogP contribution in [0.15, 0.2) is 47.4 Å². The van der Waals surface area contributed by atoms with Gasteiger partial charge in [0.1, 0.15) is 5.69 Å². The van der Waals surface area contributed by atoms with Gasteiger partial charge in [-0.1, -0.05) is 6.07 Å². The summed E-state index contributed by atoms with van der Waals surface area (Å²) < 4.78 is 66.4. The number of hydrogen-bond donors (Lipinski definition) is 0. The Balaban J connectivity index is 1.92. The van der Waals surface area contributed by atoms with Gasteiger partial charge in [0.2, 0.25) is 0 Å². The molecule has 0 spiro atoms. The molecule has 0 N–H and O–H groups in total. The second-order valence-corrected chi connectivity index (χ2v) is 10.3. The van der Waals surface area contributed by atoms with Crippen molar-refractivity contribution in [2.45, 2.75) is 18.0 Å². The number of carbonyl (C=O) groups is 2. The van der Waals surface area contributed by atoms with Crippen molar-refractivity contribution in [3.05, 3.63) is 68.5 Å². The number of imide groups is 1. The van der Waals surface area contributed by atoms with Crippen molar-refractivity contribution in [1.29, 1.82) is 0 Å². The fourth-order valence-electron chi connectivity index (χ4n) is 3.48. The van der Waals surface area contributed by atoms with Crippen LogP contribution in [0.1, 0.15) is 32.1 Å². The van der Waals surface area contributed by atoms with Gasteiger partial charge >= 0.3 is 6.18 Å². The molecular weight excluding hydrogens is 562 g/mol. The van der Waals surface area contributed by atoms with Crippen LogP contribution in [0.4, 0.5) is 18.9 Å².